The minimum Gasteiger partial charge on any atom is -0.394 e. The Balaban J connectivity index is 2.65. The van der Waals surface area contributed by atoms with E-state index in [1.54, 1.807) is 6.92 Å². The Morgan fingerprint density at radius 2 is 1.88 bits per heavy atom. The zero-order valence-electron chi connectivity index (χ0n) is 10.1. The van der Waals surface area contributed by atoms with Gasteiger partial charge in [-0.15, -0.1) is 0 Å². The summed E-state index contributed by atoms with van der Waals surface area (Å²) in [6.07, 6.45) is 1.21. The lowest BCUT2D eigenvalue weighted by molar-refractivity contribution is 0.237. The molecule has 0 saturated carbocycles. The van der Waals surface area contributed by atoms with Crippen LogP contribution >= 0.6 is 0 Å². The van der Waals surface area contributed by atoms with Gasteiger partial charge in [0.2, 0.25) is 0 Å². The van der Waals surface area contributed by atoms with Crippen molar-refractivity contribution in [3.8, 4) is 0 Å². The summed E-state index contributed by atoms with van der Waals surface area (Å²) < 4.78 is 22.3. The van der Waals surface area contributed by atoms with Gasteiger partial charge in [0.25, 0.3) is 0 Å². The molecule has 1 rings (SSSR count). The Kier molecular flexibility index (Phi) is 5.11. The molecule has 0 radical (unpaired) electrons. The number of aliphatic hydroxyl groups is 1. The van der Waals surface area contributed by atoms with Crippen LogP contribution in [0.3, 0.4) is 0 Å². The second-order valence-electron chi connectivity index (χ2n) is 4.31. The van der Waals surface area contributed by atoms with Gasteiger partial charge in [-0.05, 0) is 12.5 Å². The summed E-state index contributed by atoms with van der Waals surface area (Å²) in [5.74, 6) is 0.0658. The predicted octanol–water partition coefficient (Wildman–Crippen LogP) is 0.743. The Morgan fingerprint density at radius 1 is 1.29 bits per heavy atom. The number of sulfone groups is 1. The summed E-state index contributed by atoms with van der Waals surface area (Å²) in [6, 6.07) is 9.07. The highest BCUT2D eigenvalue weighted by molar-refractivity contribution is 7.90. The molecule has 4 nitrogen and oxygen atoms in total. The predicted molar refractivity (Wildman–Crippen MR) is 68.6 cm³/mol. The highest BCUT2D eigenvalue weighted by atomic mass is 32.2. The quantitative estimate of drug-likeness (QED) is 0.789. The van der Waals surface area contributed by atoms with E-state index in [0.717, 1.165) is 5.56 Å². The molecule has 17 heavy (non-hydrogen) atoms. The van der Waals surface area contributed by atoms with E-state index in [0.29, 0.717) is 0 Å². The minimum atomic E-state index is -3.00. The zero-order valence-corrected chi connectivity index (χ0v) is 10.9. The van der Waals surface area contributed by atoms with E-state index in [1.807, 2.05) is 30.3 Å². The standard InChI is InChI=1S/C12H19NO3S/c1-10(9-17(2,15)16)13-12(8-14)11-6-4-3-5-7-11/h3-7,10,12-14H,8-9H2,1-2H3/t10?,12-/m1/s1. The third kappa shape index (κ3) is 5.30. The normalized spacial score (nSPS) is 15.5. The third-order valence-corrected chi connectivity index (χ3v) is 3.53. The first kappa shape index (κ1) is 14.2. The molecule has 0 aliphatic heterocycles. The van der Waals surface area contributed by atoms with Gasteiger partial charge >= 0.3 is 0 Å². The lowest BCUT2D eigenvalue weighted by Crippen LogP contribution is -2.37. The molecule has 1 unspecified atom stereocenters. The number of hydrogen-bond acceptors (Lipinski definition) is 4. The van der Waals surface area contributed by atoms with Crippen LogP contribution in [0, 0.1) is 0 Å². The summed E-state index contributed by atoms with van der Waals surface area (Å²) in [6.45, 7) is 1.74. The summed E-state index contributed by atoms with van der Waals surface area (Å²) in [5, 5.41) is 12.4. The number of nitrogens with one attached hydrogen (secondary N) is 1. The highest BCUT2D eigenvalue weighted by Gasteiger charge is 2.16. The van der Waals surface area contributed by atoms with Crippen molar-refractivity contribution >= 4 is 9.84 Å². The van der Waals surface area contributed by atoms with Crippen molar-refractivity contribution in [2.45, 2.75) is 19.0 Å². The maximum Gasteiger partial charge on any atom is 0.148 e. The molecule has 2 N–H and O–H groups in total. The first-order valence-corrected chi connectivity index (χ1v) is 7.58. The van der Waals surface area contributed by atoms with Crippen molar-refractivity contribution in [1.82, 2.24) is 5.32 Å². The molecule has 1 aromatic rings. The molecule has 0 fully saturated rings. The molecule has 0 saturated heterocycles. The molecule has 0 bridgehead atoms. The molecular formula is C12H19NO3S. The van der Waals surface area contributed by atoms with Crippen molar-refractivity contribution in [2.75, 3.05) is 18.6 Å². The monoisotopic (exact) mass is 257 g/mol. The molecule has 1 aromatic carbocycles. The maximum absolute atomic E-state index is 11.1. The van der Waals surface area contributed by atoms with Gasteiger partial charge in [-0.1, -0.05) is 30.3 Å². The summed E-state index contributed by atoms with van der Waals surface area (Å²) in [5.41, 5.74) is 0.954. The molecule has 0 aliphatic carbocycles. The van der Waals surface area contributed by atoms with E-state index in [2.05, 4.69) is 5.32 Å². The molecule has 0 aromatic heterocycles. The van der Waals surface area contributed by atoms with Gasteiger partial charge in [0.05, 0.1) is 18.4 Å². The minimum absolute atomic E-state index is 0.0574. The number of hydrogen-bond donors (Lipinski definition) is 2. The van der Waals surface area contributed by atoms with E-state index in [9.17, 15) is 13.5 Å². The Hall–Kier alpha value is -0.910. The van der Waals surface area contributed by atoms with Gasteiger partial charge in [0.1, 0.15) is 9.84 Å². The van der Waals surface area contributed by atoms with Crippen LogP contribution in [-0.4, -0.2) is 38.2 Å². The second kappa shape index (κ2) is 6.14. The lowest BCUT2D eigenvalue weighted by Gasteiger charge is -2.21. The van der Waals surface area contributed by atoms with Gasteiger partial charge < -0.3 is 10.4 Å². The van der Waals surface area contributed by atoms with Crippen LogP contribution < -0.4 is 5.32 Å². The molecular weight excluding hydrogens is 238 g/mol. The summed E-state index contributed by atoms with van der Waals surface area (Å²) >= 11 is 0. The van der Waals surface area contributed by atoms with E-state index in [4.69, 9.17) is 0 Å². The van der Waals surface area contributed by atoms with Crippen molar-refractivity contribution < 1.29 is 13.5 Å². The Morgan fingerprint density at radius 3 is 2.35 bits per heavy atom. The largest absolute Gasteiger partial charge is 0.394 e. The van der Waals surface area contributed by atoms with Crippen molar-refractivity contribution in [3.05, 3.63) is 35.9 Å². The van der Waals surface area contributed by atoms with Crippen molar-refractivity contribution in [2.24, 2.45) is 0 Å². The van der Waals surface area contributed by atoms with Crippen LogP contribution in [-0.2, 0) is 9.84 Å². The zero-order chi connectivity index (χ0) is 12.9. The Bertz CT molecular complexity index is 430. The molecule has 0 spiro atoms. The first-order chi connectivity index (χ1) is 7.92. The van der Waals surface area contributed by atoms with Crippen molar-refractivity contribution in [1.29, 1.82) is 0 Å². The van der Waals surface area contributed by atoms with Crippen LogP contribution in [0.4, 0.5) is 0 Å². The topological polar surface area (TPSA) is 66.4 Å². The van der Waals surface area contributed by atoms with Gasteiger partial charge in [0, 0.05) is 12.3 Å². The van der Waals surface area contributed by atoms with E-state index >= 15 is 0 Å². The molecule has 0 heterocycles. The summed E-state index contributed by atoms with van der Waals surface area (Å²) in [4.78, 5) is 0. The van der Waals surface area contributed by atoms with Gasteiger partial charge in [0.15, 0.2) is 0 Å². The molecule has 0 amide bonds. The first-order valence-electron chi connectivity index (χ1n) is 5.52. The number of aliphatic hydroxyl groups excluding tert-OH is 1. The van der Waals surface area contributed by atoms with Crippen LogP contribution in [0.5, 0.6) is 0 Å². The van der Waals surface area contributed by atoms with Crippen LogP contribution in [0.15, 0.2) is 30.3 Å². The fourth-order valence-electron chi connectivity index (χ4n) is 1.79. The van der Waals surface area contributed by atoms with Crippen LogP contribution in [0.25, 0.3) is 0 Å². The van der Waals surface area contributed by atoms with Gasteiger partial charge in [-0.25, -0.2) is 8.42 Å². The van der Waals surface area contributed by atoms with Gasteiger partial charge in [-0.3, -0.25) is 0 Å². The van der Waals surface area contributed by atoms with E-state index < -0.39 is 9.84 Å². The lowest BCUT2D eigenvalue weighted by atomic mass is 10.1. The van der Waals surface area contributed by atoms with Crippen LogP contribution in [0.2, 0.25) is 0 Å². The van der Waals surface area contributed by atoms with E-state index in [-0.39, 0.29) is 24.4 Å². The SMILES string of the molecule is CC(CS(C)(=O)=O)N[C@H](CO)c1ccccc1. The molecule has 96 valence electrons. The second-order valence-corrected chi connectivity index (χ2v) is 6.49. The Labute approximate surface area is 103 Å². The molecule has 2 atom stereocenters. The fourth-order valence-corrected chi connectivity index (χ4v) is 2.79. The average molecular weight is 257 g/mol. The summed E-state index contributed by atoms with van der Waals surface area (Å²) in [7, 11) is -3.00. The molecule has 0 aliphatic rings. The van der Waals surface area contributed by atoms with Crippen LogP contribution in [0.1, 0.15) is 18.5 Å². The number of rotatable bonds is 6. The maximum atomic E-state index is 11.1. The van der Waals surface area contributed by atoms with E-state index in [1.165, 1.54) is 6.26 Å². The third-order valence-electron chi connectivity index (χ3n) is 2.42. The average Bonchev–Trinajstić information content (AvgIpc) is 2.24. The van der Waals surface area contributed by atoms with Crippen molar-refractivity contribution in [3.63, 3.8) is 0 Å². The highest BCUT2D eigenvalue weighted by Crippen LogP contribution is 2.12. The van der Waals surface area contributed by atoms with Gasteiger partial charge in [-0.2, -0.15) is 0 Å². The smallest absolute Gasteiger partial charge is 0.148 e. The number of benzene rings is 1. The fraction of sp³-hybridized carbons (Fsp3) is 0.500. The molecule has 5 heteroatoms.